The van der Waals surface area contributed by atoms with Crippen molar-refractivity contribution in [1.29, 1.82) is 0 Å². The van der Waals surface area contributed by atoms with Crippen molar-refractivity contribution in [2.24, 2.45) is 0 Å². The van der Waals surface area contributed by atoms with Crippen LogP contribution in [0, 0.1) is 12.3 Å². The molecule has 0 aromatic heterocycles. The average Bonchev–Trinajstić information content (AvgIpc) is 2.01. The molecule has 0 saturated heterocycles. The second kappa shape index (κ2) is 6.23. The largest absolute Gasteiger partial charge is 0.481 e. The normalized spacial score (nSPS) is 8.58. The van der Waals surface area contributed by atoms with Crippen LogP contribution in [0.3, 0.4) is 0 Å². The molecule has 0 aliphatic heterocycles. The fraction of sp³-hybridized carbons (Fsp3) is 0.500. The third kappa shape index (κ3) is 6.62. The molecule has 0 saturated carbocycles. The highest BCUT2D eigenvalue weighted by Gasteiger charge is 2.05. The Balaban J connectivity index is 3.35. The summed E-state index contributed by atoms with van der Waals surface area (Å²) in [5.41, 5.74) is 0. The lowest BCUT2D eigenvalue weighted by atomic mass is 10.3. The zero-order valence-corrected chi connectivity index (χ0v) is 6.58. The van der Waals surface area contributed by atoms with Gasteiger partial charge in [0.15, 0.2) is 0 Å². The number of carbonyl (C=O) groups is 2. The van der Waals surface area contributed by atoms with Gasteiger partial charge in [0.1, 0.15) is 6.61 Å². The molecular weight excluding hydrogens is 160 g/mol. The van der Waals surface area contributed by atoms with Crippen molar-refractivity contribution in [3.63, 3.8) is 0 Å². The van der Waals surface area contributed by atoms with Gasteiger partial charge in [-0.3, -0.25) is 9.59 Å². The fourth-order valence-electron chi connectivity index (χ4n) is 0.505. The number of hydrogen-bond acceptors (Lipinski definition) is 3. The molecule has 1 N–H and O–H groups in total. The van der Waals surface area contributed by atoms with E-state index in [9.17, 15) is 9.59 Å². The van der Waals surface area contributed by atoms with Crippen LogP contribution in [0.1, 0.15) is 19.3 Å². The minimum atomic E-state index is -1.01. The smallest absolute Gasteiger partial charge is 0.306 e. The van der Waals surface area contributed by atoms with Crippen molar-refractivity contribution < 1.29 is 19.4 Å². The molecule has 4 nitrogen and oxygen atoms in total. The summed E-state index contributed by atoms with van der Waals surface area (Å²) >= 11 is 0. The molecule has 0 unspecified atom stereocenters. The highest BCUT2D eigenvalue weighted by atomic mass is 16.5. The summed E-state index contributed by atoms with van der Waals surface area (Å²) in [5, 5.41) is 8.19. The average molecular weight is 170 g/mol. The second-order valence-electron chi connectivity index (χ2n) is 2.07. The number of ether oxygens (including phenoxy) is 1. The SMILES string of the molecule is C#CCCOC(=O)CCC(=O)O. The first kappa shape index (κ1) is 10.5. The summed E-state index contributed by atoms with van der Waals surface area (Å²) in [7, 11) is 0. The molecule has 0 atom stereocenters. The quantitative estimate of drug-likeness (QED) is 0.369. The molecule has 0 bridgehead atoms. The first-order valence-electron chi connectivity index (χ1n) is 3.47. The Labute approximate surface area is 70.5 Å². The van der Waals surface area contributed by atoms with Crippen LogP contribution in [0.25, 0.3) is 0 Å². The predicted octanol–water partition coefficient (Wildman–Crippen LogP) is 0.418. The van der Waals surface area contributed by atoms with Crippen LogP contribution in [0.2, 0.25) is 0 Å². The first-order chi connectivity index (χ1) is 5.66. The second-order valence-corrected chi connectivity index (χ2v) is 2.07. The van der Waals surface area contributed by atoms with Crippen LogP contribution < -0.4 is 0 Å². The van der Waals surface area contributed by atoms with Crippen molar-refractivity contribution >= 4 is 11.9 Å². The maximum Gasteiger partial charge on any atom is 0.306 e. The van der Waals surface area contributed by atoms with Crippen molar-refractivity contribution in [3.8, 4) is 12.3 Å². The third-order valence-electron chi connectivity index (χ3n) is 1.05. The molecule has 12 heavy (non-hydrogen) atoms. The number of aliphatic carboxylic acids is 1. The highest BCUT2D eigenvalue weighted by Crippen LogP contribution is 1.93. The molecule has 0 fully saturated rings. The molecule has 0 aromatic rings. The number of carbonyl (C=O) groups excluding carboxylic acids is 1. The van der Waals surface area contributed by atoms with E-state index in [0.29, 0.717) is 6.42 Å². The van der Waals surface area contributed by atoms with Crippen LogP contribution in [0.4, 0.5) is 0 Å². The molecule has 0 radical (unpaired) electrons. The van der Waals surface area contributed by atoms with Crippen molar-refractivity contribution in [2.45, 2.75) is 19.3 Å². The fourth-order valence-corrected chi connectivity index (χ4v) is 0.505. The Hall–Kier alpha value is -1.50. The van der Waals surface area contributed by atoms with Crippen LogP contribution in [-0.2, 0) is 14.3 Å². The number of rotatable bonds is 5. The first-order valence-corrected chi connectivity index (χ1v) is 3.47. The molecule has 0 spiro atoms. The molecular formula is C8H10O4. The lowest BCUT2D eigenvalue weighted by Gasteiger charge is -1.99. The van der Waals surface area contributed by atoms with Crippen LogP contribution in [-0.4, -0.2) is 23.7 Å². The number of hydrogen-bond donors (Lipinski definition) is 1. The lowest BCUT2D eigenvalue weighted by Crippen LogP contribution is -2.07. The van der Waals surface area contributed by atoms with E-state index in [0.717, 1.165) is 0 Å². The molecule has 0 aliphatic rings. The monoisotopic (exact) mass is 170 g/mol. The summed E-state index contributed by atoms with van der Waals surface area (Å²) in [5.74, 6) is 0.763. The van der Waals surface area contributed by atoms with Gasteiger partial charge in [-0.25, -0.2) is 0 Å². The van der Waals surface area contributed by atoms with Crippen LogP contribution >= 0.6 is 0 Å². The molecule has 0 aromatic carbocycles. The maximum atomic E-state index is 10.7. The van der Waals surface area contributed by atoms with Gasteiger partial charge < -0.3 is 9.84 Å². The molecule has 66 valence electrons. The van der Waals surface area contributed by atoms with E-state index in [1.807, 2.05) is 0 Å². The Morgan fingerprint density at radius 2 is 2.08 bits per heavy atom. The van der Waals surface area contributed by atoms with E-state index >= 15 is 0 Å². The summed E-state index contributed by atoms with van der Waals surface area (Å²) in [6.07, 6.45) is 4.96. The Morgan fingerprint density at radius 1 is 1.42 bits per heavy atom. The van der Waals surface area contributed by atoms with Crippen LogP contribution in [0.5, 0.6) is 0 Å². The van der Waals surface area contributed by atoms with E-state index in [4.69, 9.17) is 11.5 Å². The van der Waals surface area contributed by atoms with Gasteiger partial charge in [0, 0.05) is 6.42 Å². The Morgan fingerprint density at radius 3 is 2.58 bits per heavy atom. The zero-order valence-electron chi connectivity index (χ0n) is 6.58. The topological polar surface area (TPSA) is 63.6 Å². The van der Waals surface area contributed by atoms with Gasteiger partial charge in [0.2, 0.25) is 0 Å². The maximum absolute atomic E-state index is 10.7. The predicted molar refractivity (Wildman–Crippen MR) is 41.3 cm³/mol. The summed E-state index contributed by atoms with van der Waals surface area (Å²) in [4.78, 5) is 20.7. The van der Waals surface area contributed by atoms with Gasteiger partial charge in [-0.2, -0.15) is 0 Å². The number of esters is 1. The van der Waals surface area contributed by atoms with Gasteiger partial charge in [-0.15, -0.1) is 12.3 Å². The molecule has 4 heteroatoms. The molecule has 0 heterocycles. The number of terminal acetylenes is 1. The standard InChI is InChI=1S/C8H10O4/c1-2-3-6-12-8(11)5-4-7(9)10/h1H,3-6H2,(H,9,10). The Kier molecular flexibility index (Phi) is 5.45. The van der Waals surface area contributed by atoms with E-state index in [-0.39, 0.29) is 19.4 Å². The zero-order chi connectivity index (χ0) is 9.40. The van der Waals surface area contributed by atoms with Crippen molar-refractivity contribution in [3.05, 3.63) is 0 Å². The third-order valence-corrected chi connectivity index (χ3v) is 1.05. The van der Waals surface area contributed by atoms with E-state index in [2.05, 4.69) is 10.7 Å². The van der Waals surface area contributed by atoms with Crippen molar-refractivity contribution in [2.75, 3.05) is 6.61 Å². The lowest BCUT2D eigenvalue weighted by molar-refractivity contribution is -0.147. The van der Waals surface area contributed by atoms with Gasteiger partial charge in [0.25, 0.3) is 0 Å². The van der Waals surface area contributed by atoms with Gasteiger partial charge in [-0.1, -0.05) is 0 Å². The van der Waals surface area contributed by atoms with E-state index in [1.165, 1.54) is 0 Å². The summed E-state index contributed by atoms with van der Waals surface area (Å²) in [6.45, 7) is 0.162. The molecule has 0 rings (SSSR count). The number of carboxylic acids is 1. The van der Waals surface area contributed by atoms with E-state index < -0.39 is 11.9 Å². The Bertz CT molecular complexity index is 202. The van der Waals surface area contributed by atoms with Gasteiger partial charge in [-0.05, 0) is 0 Å². The summed E-state index contributed by atoms with van der Waals surface area (Å²) in [6, 6.07) is 0. The highest BCUT2D eigenvalue weighted by molar-refractivity contribution is 5.76. The summed E-state index contributed by atoms with van der Waals surface area (Å²) < 4.78 is 4.59. The van der Waals surface area contributed by atoms with Gasteiger partial charge >= 0.3 is 11.9 Å². The van der Waals surface area contributed by atoms with Gasteiger partial charge in [0.05, 0.1) is 12.8 Å². The minimum absolute atomic E-state index is 0.0973. The molecule has 0 aliphatic carbocycles. The minimum Gasteiger partial charge on any atom is -0.481 e. The van der Waals surface area contributed by atoms with Crippen molar-refractivity contribution in [1.82, 2.24) is 0 Å². The number of carboxylic acid groups (broad SMARTS) is 1. The van der Waals surface area contributed by atoms with Crippen LogP contribution in [0.15, 0.2) is 0 Å². The molecule has 0 amide bonds. The van der Waals surface area contributed by atoms with E-state index in [1.54, 1.807) is 0 Å².